The van der Waals surface area contributed by atoms with Crippen molar-refractivity contribution >= 4 is 11.6 Å². The molecule has 0 fully saturated rings. The number of carbonyl (C=O) groups excluding carboxylic acids is 1. The maximum atomic E-state index is 12.6. The van der Waals surface area contributed by atoms with Crippen molar-refractivity contribution < 1.29 is 4.79 Å². The molecule has 0 aromatic heterocycles. The van der Waals surface area contributed by atoms with E-state index < -0.39 is 6.04 Å². The molecule has 0 bridgehead atoms. The van der Waals surface area contributed by atoms with E-state index >= 15 is 0 Å². The number of carbonyl (C=O) groups is 1. The van der Waals surface area contributed by atoms with Gasteiger partial charge in [-0.3, -0.25) is 4.79 Å². The van der Waals surface area contributed by atoms with Crippen molar-refractivity contribution in [3.8, 4) is 0 Å². The van der Waals surface area contributed by atoms with E-state index in [0.717, 1.165) is 16.8 Å². The number of hydrogen-bond donors (Lipinski definition) is 1. The average molecular weight is 268 g/mol. The zero-order valence-corrected chi connectivity index (χ0v) is 11.9. The predicted molar refractivity (Wildman–Crippen MR) is 82.6 cm³/mol. The second-order valence-corrected chi connectivity index (χ2v) is 4.81. The van der Waals surface area contributed by atoms with Crippen LogP contribution in [-0.4, -0.2) is 12.5 Å². The normalized spacial score (nSPS) is 11.9. The number of benzene rings is 2. The number of likely N-dealkylation sites (N-methyl/N-ethyl adjacent to an activating group) is 1. The second-order valence-electron chi connectivity index (χ2n) is 4.81. The van der Waals surface area contributed by atoms with Crippen LogP contribution in [-0.2, 0) is 4.79 Å². The molecule has 0 aliphatic carbocycles. The van der Waals surface area contributed by atoms with Crippen molar-refractivity contribution in [2.24, 2.45) is 5.73 Å². The summed E-state index contributed by atoms with van der Waals surface area (Å²) in [6.07, 6.45) is 0. The summed E-state index contributed by atoms with van der Waals surface area (Å²) in [5, 5.41) is 0. The number of aryl methyl sites for hydroxylation is 1. The Morgan fingerprint density at radius 1 is 1.10 bits per heavy atom. The molecule has 0 aliphatic heterocycles. The lowest BCUT2D eigenvalue weighted by Crippen LogP contribution is -2.38. The molecule has 20 heavy (non-hydrogen) atoms. The number of nitrogens with two attached hydrogens (primary N) is 1. The van der Waals surface area contributed by atoms with Gasteiger partial charge in [0.1, 0.15) is 6.04 Å². The van der Waals surface area contributed by atoms with Gasteiger partial charge < -0.3 is 10.6 Å². The summed E-state index contributed by atoms with van der Waals surface area (Å²) < 4.78 is 0. The summed E-state index contributed by atoms with van der Waals surface area (Å²) in [6.45, 7) is 4.56. The molecule has 0 heterocycles. The molecule has 0 saturated heterocycles. The van der Waals surface area contributed by atoms with Gasteiger partial charge in [-0.05, 0) is 31.5 Å². The van der Waals surface area contributed by atoms with Gasteiger partial charge >= 0.3 is 0 Å². The first-order valence-electron chi connectivity index (χ1n) is 6.82. The first-order chi connectivity index (χ1) is 9.63. The summed E-state index contributed by atoms with van der Waals surface area (Å²) in [6, 6.07) is 16.8. The Bertz CT molecular complexity index is 563. The lowest BCUT2D eigenvalue weighted by molar-refractivity contribution is -0.119. The maximum absolute atomic E-state index is 12.6. The Balaban J connectivity index is 2.22. The van der Waals surface area contributed by atoms with Gasteiger partial charge in [0.25, 0.3) is 0 Å². The molecule has 0 aliphatic rings. The monoisotopic (exact) mass is 268 g/mol. The quantitative estimate of drug-likeness (QED) is 0.926. The molecular formula is C17H20N2O. The van der Waals surface area contributed by atoms with Crippen LogP contribution in [0.5, 0.6) is 0 Å². The van der Waals surface area contributed by atoms with Crippen molar-refractivity contribution in [1.29, 1.82) is 0 Å². The molecule has 2 aromatic rings. The first kappa shape index (κ1) is 14.3. The Morgan fingerprint density at radius 2 is 1.70 bits per heavy atom. The van der Waals surface area contributed by atoms with Crippen LogP contribution >= 0.6 is 0 Å². The van der Waals surface area contributed by atoms with Gasteiger partial charge in [-0.2, -0.15) is 0 Å². The van der Waals surface area contributed by atoms with Gasteiger partial charge in [-0.25, -0.2) is 0 Å². The fraction of sp³-hybridized carbons (Fsp3) is 0.235. The van der Waals surface area contributed by atoms with Crippen molar-refractivity contribution in [3.63, 3.8) is 0 Å². The Labute approximate surface area is 120 Å². The van der Waals surface area contributed by atoms with Gasteiger partial charge in [0, 0.05) is 12.2 Å². The van der Waals surface area contributed by atoms with Gasteiger partial charge in [0.2, 0.25) is 5.91 Å². The molecule has 104 valence electrons. The minimum Gasteiger partial charge on any atom is -0.316 e. The number of nitrogens with zero attached hydrogens (tertiary/aromatic N) is 1. The highest BCUT2D eigenvalue weighted by Gasteiger charge is 2.22. The average Bonchev–Trinajstić information content (AvgIpc) is 2.49. The molecule has 3 heteroatoms. The van der Waals surface area contributed by atoms with Gasteiger partial charge in [-0.1, -0.05) is 48.0 Å². The zero-order valence-electron chi connectivity index (χ0n) is 11.9. The van der Waals surface area contributed by atoms with Crippen LogP contribution in [0.15, 0.2) is 54.6 Å². The smallest absolute Gasteiger partial charge is 0.248 e. The lowest BCUT2D eigenvalue weighted by Gasteiger charge is -2.24. The van der Waals surface area contributed by atoms with E-state index in [0.29, 0.717) is 6.54 Å². The van der Waals surface area contributed by atoms with E-state index in [1.165, 1.54) is 0 Å². The second kappa shape index (κ2) is 6.35. The van der Waals surface area contributed by atoms with E-state index in [9.17, 15) is 4.79 Å². The molecule has 2 rings (SSSR count). The summed E-state index contributed by atoms with van der Waals surface area (Å²) >= 11 is 0. The summed E-state index contributed by atoms with van der Waals surface area (Å²) in [7, 11) is 0. The highest BCUT2D eigenvalue weighted by molar-refractivity contribution is 5.97. The first-order valence-corrected chi connectivity index (χ1v) is 6.82. The predicted octanol–water partition coefficient (Wildman–Crippen LogP) is 3.05. The number of amides is 1. The minimum absolute atomic E-state index is 0.0810. The SMILES string of the molecule is CCN(C(=O)C(N)c1ccc(C)cc1)c1ccccc1. The maximum Gasteiger partial charge on any atom is 0.248 e. The van der Waals surface area contributed by atoms with E-state index in [4.69, 9.17) is 5.73 Å². The van der Waals surface area contributed by atoms with Gasteiger partial charge in [0.15, 0.2) is 0 Å². The fourth-order valence-corrected chi connectivity index (χ4v) is 2.16. The Morgan fingerprint density at radius 3 is 2.25 bits per heavy atom. The van der Waals surface area contributed by atoms with Crippen LogP contribution in [0.3, 0.4) is 0 Å². The van der Waals surface area contributed by atoms with Crippen LogP contribution in [0.25, 0.3) is 0 Å². The van der Waals surface area contributed by atoms with Crippen molar-refractivity contribution in [3.05, 3.63) is 65.7 Å². The molecule has 1 unspecified atom stereocenters. The molecule has 3 nitrogen and oxygen atoms in total. The van der Waals surface area contributed by atoms with Gasteiger partial charge in [-0.15, -0.1) is 0 Å². The van der Waals surface area contributed by atoms with Gasteiger partial charge in [0.05, 0.1) is 0 Å². The van der Waals surface area contributed by atoms with Crippen LogP contribution in [0.2, 0.25) is 0 Å². The molecule has 1 atom stereocenters. The Hall–Kier alpha value is -2.13. The van der Waals surface area contributed by atoms with Crippen LogP contribution in [0.1, 0.15) is 24.1 Å². The lowest BCUT2D eigenvalue weighted by atomic mass is 10.0. The third kappa shape index (κ3) is 3.06. The molecule has 2 aromatic carbocycles. The highest BCUT2D eigenvalue weighted by atomic mass is 16.2. The standard InChI is InChI=1S/C17H20N2O/c1-3-19(15-7-5-4-6-8-15)17(20)16(18)14-11-9-13(2)10-12-14/h4-12,16H,3,18H2,1-2H3. The van der Waals surface area contributed by atoms with Crippen LogP contribution < -0.4 is 10.6 Å². The van der Waals surface area contributed by atoms with E-state index in [1.807, 2.05) is 68.4 Å². The topological polar surface area (TPSA) is 46.3 Å². The number of hydrogen-bond acceptors (Lipinski definition) is 2. The summed E-state index contributed by atoms with van der Waals surface area (Å²) in [5.41, 5.74) is 8.99. The highest BCUT2D eigenvalue weighted by Crippen LogP contribution is 2.19. The third-order valence-electron chi connectivity index (χ3n) is 3.35. The van der Waals surface area contributed by atoms with E-state index in [-0.39, 0.29) is 5.91 Å². The summed E-state index contributed by atoms with van der Waals surface area (Å²) in [4.78, 5) is 14.3. The van der Waals surface area contributed by atoms with Crippen LogP contribution in [0.4, 0.5) is 5.69 Å². The third-order valence-corrected chi connectivity index (χ3v) is 3.35. The summed E-state index contributed by atoms with van der Waals surface area (Å²) in [5.74, 6) is -0.0810. The van der Waals surface area contributed by atoms with Crippen molar-refractivity contribution in [2.45, 2.75) is 19.9 Å². The molecule has 0 radical (unpaired) electrons. The minimum atomic E-state index is -0.629. The molecule has 0 spiro atoms. The number of anilines is 1. The number of rotatable bonds is 4. The van der Waals surface area contributed by atoms with E-state index in [2.05, 4.69) is 0 Å². The molecule has 2 N–H and O–H groups in total. The van der Waals surface area contributed by atoms with Crippen LogP contribution in [0, 0.1) is 6.92 Å². The fourth-order valence-electron chi connectivity index (χ4n) is 2.16. The number of para-hydroxylation sites is 1. The van der Waals surface area contributed by atoms with Crippen molar-refractivity contribution in [1.82, 2.24) is 0 Å². The van der Waals surface area contributed by atoms with E-state index in [1.54, 1.807) is 4.90 Å². The van der Waals surface area contributed by atoms with Crippen molar-refractivity contribution in [2.75, 3.05) is 11.4 Å². The molecule has 1 amide bonds. The Kier molecular flexibility index (Phi) is 4.53. The zero-order chi connectivity index (χ0) is 14.5. The molecular weight excluding hydrogens is 248 g/mol. The molecule has 0 saturated carbocycles. The largest absolute Gasteiger partial charge is 0.316 e.